The molecule has 0 aliphatic carbocycles. The van der Waals surface area contributed by atoms with E-state index in [1.807, 2.05) is 6.92 Å². The van der Waals surface area contributed by atoms with E-state index in [0.717, 1.165) is 11.3 Å². The Hall–Kier alpha value is -1.81. The van der Waals surface area contributed by atoms with Crippen LogP contribution in [0, 0.1) is 5.82 Å². The second kappa shape index (κ2) is 5.45. The van der Waals surface area contributed by atoms with E-state index in [4.69, 9.17) is 11.6 Å². The number of hydrogen-bond donors (Lipinski definition) is 1. The fraction of sp³-hybridized carbons (Fsp3) is 0.214. The van der Waals surface area contributed by atoms with Gasteiger partial charge in [-0.1, -0.05) is 17.7 Å². The van der Waals surface area contributed by atoms with Crippen LogP contribution in [0.3, 0.4) is 0 Å². The Balaban J connectivity index is 2.20. The lowest BCUT2D eigenvalue weighted by molar-refractivity contribution is 0.627. The lowest BCUT2D eigenvalue weighted by Gasteiger charge is -2.16. The molecule has 0 saturated carbocycles. The molecule has 1 aromatic heterocycles. The van der Waals surface area contributed by atoms with Gasteiger partial charge in [0.2, 0.25) is 5.56 Å². The van der Waals surface area contributed by atoms with Crippen molar-refractivity contribution in [3.05, 3.63) is 63.3 Å². The highest BCUT2D eigenvalue weighted by Crippen LogP contribution is 2.23. The Bertz CT molecular complexity index is 654. The standard InChI is InChI=1S/C14H14ClFN2O/c1-9(10-3-5-13(16)12(15)7-10)17-11-4-6-14(19)18(2)8-11/h3-9,17H,1-2H3. The zero-order chi connectivity index (χ0) is 14.0. The second-order valence-corrected chi connectivity index (χ2v) is 4.81. The zero-order valence-electron chi connectivity index (χ0n) is 10.7. The van der Waals surface area contributed by atoms with E-state index < -0.39 is 5.82 Å². The summed E-state index contributed by atoms with van der Waals surface area (Å²) >= 11 is 5.76. The number of aryl methyl sites for hydroxylation is 1. The predicted molar refractivity (Wildman–Crippen MR) is 75.1 cm³/mol. The Labute approximate surface area is 115 Å². The predicted octanol–water partition coefficient (Wildman–Crippen LogP) is 3.35. The molecule has 1 N–H and O–H groups in total. The second-order valence-electron chi connectivity index (χ2n) is 4.41. The average Bonchev–Trinajstić information content (AvgIpc) is 2.37. The topological polar surface area (TPSA) is 34.0 Å². The molecular formula is C14H14ClFN2O. The van der Waals surface area contributed by atoms with Crippen LogP contribution >= 0.6 is 11.6 Å². The van der Waals surface area contributed by atoms with E-state index in [-0.39, 0.29) is 16.6 Å². The third-order valence-corrected chi connectivity index (χ3v) is 3.20. The van der Waals surface area contributed by atoms with Gasteiger partial charge in [-0.05, 0) is 30.7 Å². The molecule has 1 aromatic carbocycles. The summed E-state index contributed by atoms with van der Waals surface area (Å²) in [5.74, 6) is -0.431. The van der Waals surface area contributed by atoms with Crippen LogP contribution in [-0.4, -0.2) is 4.57 Å². The maximum absolute atomic E-state index is 13.1. The van der Waals surface area contributed by atoms with Crippen molar-refractivity contribution in [1.29, 1.82) is 0 Å². The summed E-state index contributed by atoms with van der Waals surface area (Å²) in [4.78, 5) is 11.3. The van der Waals surface area contributed by atoms with E-state index in [1.165, 1.54) is 16.7 Å². The Kier molecular flexibility index (Phi) is 3.90. The van der Waals surface area contributed by atoms with Crippen LogP contribution in [0.1, 0.15) is 18.5 Å². The molecule has 3 nitrogen and oxygen atoms in total. The third kappa shape index (κ3) is 3.15. The fourth-order valence-electron chi connectivity index (χ4n) is 1.79. The van der Waals surface area contributed by atoms with Gasteiger partial charge in [0.15, 0.2) is 0 Å². The number of nitrogens with one attached hydrogen (secondary N) is 1. The van der Waals surface area contributed by atoms with Crippen molar-refractivity contribution in [2.45, 2.75) is 13.0 Å². The first-order valence-electron chi connectivity index (χ1n) is 5.85. The van der Waals surface area contributed by atoms with E-state index in [9.17, 15) is 9.18 Å². The Morgan fingerprint density at radius 2 is 2.05 bits per heavy atom. The minimum absolute atomic E-state index is 0.0457. The highest BCUT2D eigenvalue weighted by molar-refractivity contribution is 6.30. The van der Waals surface area contributed by atoms with Gasteiger partial charge in [0.05, 0.1) is 10.7 Å². The molecule has 0 saturated heterocycles. The Morgan fingerprint density at radius 3 is 2.68 bits per heavy atom. The molecule has 0 aliphatic heterocycles. The molecular weight excluding hydrogens is 267 g/mol. The van der Waals surface area contributed by atoms with Crippen LogP contribution in [0.2, 0.25) is 5.02 Å². The normalized spacial score (nSPS) is 12.2. The van der Waals surface area contributed by atoms with Crippen LogP contribution in [0.5, 0.6) is 0 Å². The highest BCUT2D eigenvalue weighted by atomic mass is 35.5. The molecule has 0 spiro atoms. The lowest BCUT2D eigenvalue weighted by Crippen LogP contribution is -2.16. The summed E-state index contributed by atoms with van der Waals surface area (Å²) < 4.78 is 14.6. The number of rotatable bonds is 3. The largest absolute Gasteiger partial charge is 0.377 e. The van der Waals surface area contributed by atoms with Gasteiger partial charge < -0.3 is 9.88 Å². The molecule has 0 radical (unpaired) electrons. The van der Waals surface area contributed by atoms with Crippen molar-refractivity contribution in [3.8, 4) is 0 Å². The van der Waals surface area contributed by atoms with Crippen LogP contribution in [0.15, 0.2) is 41.3 Å². The third-order valence-electron chi connectivity index (χ3n) is 2.91. The van der Waals surface area contributed by atoms with Crippen molar-refractivity contribution in [1.82, 2.24) is 4.57 Å². The summed E-state index contributed by atoms with van der Waals surface area (Å²) in [5, 5.41) is 3.34. The monoisotopic (exact) mass is 280 g/mol. The van der Waals surface area contributed by atoms with Crippen molar-refractivity contribution >= 4 is 17.3 Å². The van der Waals surface area contributed by atoms with Gasteiger partial charge in [0.1, 0.15) is 5.82 Å². The summed E-state index contributed by atoms with van der Waals surface area (Å²) in [6, 6.07) is 7.78. The summed E-state index contributed by atoms with van der Waals surface area (Å²) in [7, 11) is 1.69. The SMILES string of the molecule is CC(Nc1ccc(=O)n(C)c1)c1ccc(F)c(Cl)c1. The van der Waals surface area contributed by atoms with Crippen LogP contribution in [0.4, 0.5) is 10.1 Å². The summed E-state index contributed by atoms with van der Waals surface area (Å²) in [5.41, 5.74) is 1.62. The molecule has 0 fully saturated rings. The van der Waals surface area contributed by atoms with Gasteiger partial charge in [-0.3, -0.25) is 4.79 Å². The number of anilines is 1. The first-order valence-corrected chi connectivity index (χ1v) is 6.23. The van der Waals surface area contributed by atoms with Crippen LogP contribution < -0.4 is 10.9 Å². The van der Waals surface area contributed by atoms with Gasteiger partial charge in [-0.2, -0.15) is 0 Å². The minimum Gasteiger partial charge on any atom is -0.377 e. The van der Waals surface area contributed by atoms with Gasteiger partial charge in [0, 0.05) is 25.4 Å². The van der Waals surface area contributed by atoms with Crippen LogP contribution in [0.25, 0.3) is 0 Å². The zero-order valence-corrected chi connectivity index (χ0v) is 11.4. The minimum atomic E-state index is -0.431. The maximum Gasteiger partial charge on any atom is 0.250 e. The van der Waals surface area contributed by atoms with Crippen molar-refractivity contribution in [2.75, 3.05) is 5.32 Å². The number of aromatic nitrogens is 1. The van der Waals surface area contributed by atoms with E-state index in [2.05, 4.69) is 5.32 Å². The van der Waals surface area contributed by atoms with Gasteiger partial charge >= 0.3 is 0 Å². The van der Waals surface area contributed by atoms with E-state index in [0.29, 0.717) is 0 Å². The number of nitrogens with zero attached hydrogens (tertiary/aromatic N) is 1. The smallest absolute Gasteiger partial charge is 0.250 e. The fourth-order valence-corrected chi connectivity index (χ4v) is 1.98. The van der Waals surface area contributed by atoms with Gasteiger partial charge in [0.25, 0.3) is 0 Å². The quantitative estimate of drug-likeness (QED) is 0.935. The summed E-state index contributed by atoms with van der Waals surface area (Å²) in [6.07, 6.45) is 1.71. The van der Waals surface area contributed by atoms with Crippen molar-refractivity contribution in [3.63, 3.8) is 0 Å². The number of halogens is 2. The summed E-state index contributed by atoms with van der Waals surface area (Å²) in [6.45, 7) is 1.94. The molecule has 100 valence electrons. The van der Waals surface area contributed by atoms with Crippen LogP contribution in [-0.2, 0) is 7.05 Å². The molecule has 0 amide bonds. The van der Waals surface area contributed by atoms with Crippen molar-refractivity contribution in [2.24, 2.45) is 7.05 Å². The van der Waals surface area contributed by atoms with Gasteiger partial charge in [-0.15, -0.1) is 0 Å². The Morgan fingerprint density at radius 1 is 1.32 bits per heavy atom. The molecule has 0 aliphatic rings. The first-order chi connectivity index (χ1) is 8.97. The first kappa shape index (κ1) is 13.6. The average molecular weight is 281 g/mol. The molecule has 0 bridgehead atoms. The number of hydrogen-bond acceptors (Lipinski definition) is 2. The van der Waals surface area contributed by atoms with Gasteiger partial charge in [-0.25, -0.2) is 4.39 Å². The maximum atomic E-state index is 13.1. The molecule has 19 heavy (non-hydrogen) atoms. The molecule has 5 heteroatoms. The van der Waals surface area contributed by atoms with E-state index in [1.54, 1.807) is 31.4 Å². The number of benzene rings is 1. The number of pyridine rings is 1. The highest BCUT2D eigenvalue weighted by Gasteiger charge is 2.08. The molecule has 1 heterocycles. The molecule has 2 aromatic rings. The lowest BCUT2D eigenvalue weighted by atomic mass is 10.1. The molecule has 2 rings (SSSR count). The molecule has 1 atom stereocenters. The molecule has 1 unspecified atom stereocenters. The van der Waals surface area contributed by atoms with E-state index >= 15 is 0 Å². The van der Waals surface area contributed by atoms with Crippen molar-refractivity contribution < 1.29 is 4.39 Å².